The van der Waals surface area contributed by atoms with Crippen molar-refractivity contribution in [2.75, 3.05) is 32.0 Å². The fourth-order valence-electron chi connectivity index (χ4n) is 2.78. The number of nitrogens with one attached hydrogen (secondary N) is 1. The van der Waals surface area contributed by atoms with E-state index in [0.29, 0.717) is 31.3 Å². The summed E-state index contributed by atoms with van der Waals surface area (Å²) in [4.78, 5) is 32.8. The average Bonchev–Trinajstić information content (AvgIpc) is 3.23. The summed E-state index contributed by atoms with van der Waals surface area (Å²) in [5.74, 6) is 0.546. The van der Waals surface area contributed by atoms with Crippen molar-refractivity contribution in [1.29, 1.82) is 0 Å². The number of hydrogen-bond acceptors (Lipinski definition) is 6. The fraction of sp³-hybridized carbons (Fsp3) is 0.500. The first-order valence-corrected chi connectivity index (χ1v) is 8.24. The Hall–Kier alpha value is -2.68. The van der Waals surface area contributed by atoms with Crippen LogP contribution in [0.2, 0.25) is 0 Å². The highest BCUT2D eigenvalue weighted by molar-refractivity contribution is 5.96. The van der Waals surface area contributed by atoms with Gasteiger partial charge in [0.1, 0.15) is 12.3 Å². The van der Waals surface area contributed by atoms with Crippen molar-refractivity contribution in [2.24, 2.45) is 0 Å². The SMILES string of the molecule is CCn1ccc(NC(=O)[C@H]2CN(C(=O)c3coc(C)n3)CCN2C)n1. The molecule has 134 valence electrons. The van der Waals surface area contributed by atoms with Gasteiger partial charge in [-0.15, -0.1) is 0 Å². The second-order valence-electron chi connectivity index (χ2n) is 6.05. The summed E-state index contributed by atoms with van der Waals surface area (Å²) in [6.07, 6.45) is 3.16. The Bertz CT molecular complexity index is 768. The van der Waals surface area contributed by atoms with Gasteiger partial charge in [0, 0.05) is 45.4 Å². The van der Waals surface area contributed by atoms with Gasteiger partial charge >= 0.3 is 0 Å². The van der Waals surface area contributed by atoms with E-state index in [0.717, 1.165) is 6.54 Å². The van der Waals surface area contributed by atoms with E-state index in [2.05, 4.69) is 15.4 Å². The van der Waals surface area contributed by atoms with Gasteiger partial charge < -0.3 is 14.6 Å². The Labute approximate surface area is 145 Å². The fourth-order valence-corrected chi connectivity index (χ4v) is 2.78. The molecular formula is C16H22N6O3. The van der Waals surface area contributed by atoms with Crippen molar-refractivity contribution in [3.63, 3.8) is 0 Å². The molecule has 0 spiro atoms. The minimum Gasteiger partial charge on any atom is -0.448 e. The molecule has 1 fully saturated rings. The summed E-state index contributed by atoms with van der Waals surface area (Å²) in [6.45, 7) is 5.83. The van der Waals surface area contributed by atoms with Gasteiger partial charge in [0.2, 0.25) is 5.91 Å². The van der Waals surface area contributed by atoms with Gasteiger partial charge in [-0.1, -0.05) is 0 Å². The zero-order valence-electron chi connectivity index (χ0n) is 14.6. The normalized spacial score (nSPS) is 18.4. The average molecular weight is 346 g/mol. The second kappa shape index (κ2) is 7.06. The van der Waals surface area contributed by atoms with Gasteiger partial charge in [0.05, 0.1) is 0 Å². The number of amides is 2. The van der Waals surface area contributed by atoms with E-state index in [1.165, 1.54) is 6.26 Å². The number of anilines is 1. The van der Waals surface area contributed by atoms with Crippen LogP contribution in [0.4, 0.5) is 5.82 Å². The molecule has 1 aliphatic heterocycles. The Kier molecular flexibility index (Phi) is 4.84. The number of hydrogen-bond donors (Lipinski definition) is 1. The van der Waals surface area contributed by atoms with Crippen LogP contribution < -0.4 is 5.32 Å². The first kappa shape index (κ1) is 17.2. The Morgan fingerprint density at radius 2 is 2.20 bits per heavy atom. The summed E-state index contributed by atoms with van der Waals surface area (Å²) < 4.78 is 6.84. The molecule has 0 aromatic carbocycles. The van der Waals surface area contributed by atoms with Gasteiger partial charge in [0.15, 0.2) is 17.4 Å². The van der Waals surface area contributed by atoms with E-state index in [1.54, 1.807) is 22.6 Å². The van der Waals surface area contributed by atoms with E-state index >= 15 is 0 Å². The van der Waals surface area contributed by atoms with Crippen LogP contribution in [0, 0.1) is 6.92 Å². The van der Waals surface area contributed by atoms with Crippen molar-refractivity contribution in [3.05, 3.63) is 30.1 Å². The quantitative estimate of drug-likeness (QED) is 0.871. The smallest absolute Gasteiger partial charge is 0.275 e. The molecule has 9 nitrogen and oxygen atoms in total. The summed E-state index contributed by atoms with van der Waals surface area (Å²) in [6, 6.07) is 1.31. The number of rotatable bonds is 4. The number of nitrogens with zero attached hydrogens (tertiary/aromatic N) is 5. The molecule has 9 heteroatoms. The lowest BCUT2D eigenvalue weighted by Crippen LogP contribution is -2.57. The highest BCUT2D eigenvalue weighted by Gasteiger charge is 2.33. The third-order valence-corrected chi connectivity index (χ3v) is 4.29. The van der Waals surface area contributed by atoms with Crippen LogP contribution in [-0.4, -0.2) is 69.1 Å². The van der Waals surface area contributed by atoms with Crippen LogP contribution in [-0.2, 0) is 11.3 Å². The lowest BCUT2D eigenvalue weighted by molar-refractivity contribution is -0.122. The molecule has 1 saturated heterocycles. The van der Waals surface area contributed by atoms with E-state index in [-0.39, 0.29) is 17.5 Å². The van der Waals surface area contributed by atoms with Crippen LogP contribution in [0.15, 0.2) is 22.9 Å². The molecule has 1 atom stereocenters. The number of carbonyl (C=O) groups excluding carboxylic acids is 2. The third-order valence-electron chi connectivity index (χ3n) is 4.29. The molecule has 2 aromatic heterocycles. The monoisotopic (exact) mass is 346 g/mol. The molecule has 0 aliphatic carbocycles. The van der Waals surface area contributed by atoms with Crippen LogP contribution in [0.5, 0.6) is 0 Å². The van der Waals surface area contributed by atoms with E-state index < -0.39 is 6.04 Å². The van der Waals surface area contributed by atoms with Gasteiger partial charge in [0.25, 0.3) is 5.91 Å². The lowest BCUT2D eigenvalue weighted by Gasteiger charge is -2.38. The third kappa shape index (κ3) is 3.71. The molecule has 3 heterocycles. The molecule has 0 bridgehead atoms. The van der Waals surface area contributed by atoms with Gasteiger partial charge in [-0.2, -0.15) is 5.10 Å². The van der Waals surface area contributed by atoms with Crippen molar-refractivity contribution in [3.8, 4) is 0 Å². The highest BCUT2D eigenvalue weighted by Crippen LogP contribution is 2.14. The Morgan fingerprint density at radius 1 is 1.40 bits per heavy atom. The lowest BCUT2D eigenvalue weighted by atomic mass is 10.1. The predicted octanol–water partition coefficient (Wildman–Crippen LogP) is 0.594. The van der Waals surface area contributed by atoms with Crippen LogP contribution in [0.1, 0.15) is 23.3 Å². The topological polar surface area (TPSA) is 96.5 Å². The maximum Gasteiger partial charge on any atom is 0.275 e. The maximum atomic E-state index is 12.6. The molecule has 0 radical (unpaired) electrons. The minimum atomic E-state index is -0.447. The molecule has 25 heavy (non-hydrogen) atoms. The van der Waals surface area contributed by atoms with Crippen molar-refractivity contribution >= 4 is 17.6 Å². The van der Waals surface area contributed by atoms with Crippen molar-refractivity contribution in [2.45, 2.75) is 26.4 Å². The largest absolute Gasteiger partial charge is 0.448 e. The molecule has 0 unspecified atom stereocenters. The van der Waals surface area contributed by atoms with Gasteiger partial charge in [-0.3, -0.25) is 19.2 Å². The number of likely N-dealkylation sites (N-methyl/N-ethyl adjacent to an activating group) is 1. The molecule has 1 aliphatic rings. The maximum absolute atomic E-state index is 12.6. The van der Waals surface area contributed by atoms with Gasteiger partial charge in [-0.25, -0.2) is 4.98 Å². The zero-order chi connectivity index (χ0) is 18.0. The Morgan fingerprint density at radius 3 is 2.84 bits per heavy atom. The summed E-state index contributed by atoms with van der Waals surface area (Å²) in [7, 11) is 1.87. The molecular weight excluding hydrogens is 324 g/mol. The molecule has 1 N–H and O–H groups in total. The number of aryl methyl sites for hydroxylation is 2. The predicted molar refractivity (Wildman–Crippen MR) is 90.1 cm³/mol. The summed E-state index contributed by atoms with van der Waals surface area (Å²) in [5.41, 5.74) is 0.267. The molecule has 0 saturated carbocycles. The second-order valence-corrected chi connectivity index (χ2v) is 6.05. The van der Waals surface area contributed by atoms with Crippen LogP contribution in [0.25, 0.3) is 0 Å². The minimum absolute atomic E-state index is 0.183. The molecule has 3 rings (SSSR count). The van der Waals surface area contributed by atoms with Crippen LogP contribution >= 0.6 is 0 Å². The number of piperazine rings is 1. The van der Waals surface area contributed by atoms with Gasteiger partial charge in [-0.05, 0) is 14.0 Å². The van der Waals surface area contributed by atoms with E-state index in [4.69, 9.17) is 4.42 Å². The van der Waals surface area contributed by atoms with Crippen LogP contribution in [0.3, 0.4) is 0 Å². The zero-order valence-corrected chi connectivity index (χ0v) is 14.6. The van der Waals surface area contributed by atoms with E-state index in [1.807, 2.05) is 25.1 Å². The highest BCUT2D eigenvalue weighted by atomic mass is 16.3. The molecule has 2 aromatic rings. The number of carbonyl (C=O) groups is 2. The first-order chi connectivity index (χ1) is 12.0. The van der Waals surface area contributed by atoms with Crippen molar-refractivity contribution in [1.82, 2.24) is 24.6 Å². The molecule has 2 amide bonds. The first-order valence-electron chi connectivity index (χ1n) is 8.24. The van der Waals surface area contributed by atoms with Crippen molar-refractivity contribution < 1.29 is 14.0 Å². The summed E-state index contributed by atoms with van der Waals surface area (Å²) in [5, 5.41) is 7.07. The van der Waals surface area contributed by atoms with E-state index in [9.17, 15) is 9.59 Å². The Balaban J connectivity index is 1.67. The summed E-state index contributed by atoms with van der Waals surface area (Å²) >= 11 is 0. The number of oxazole rings is 1. The number of aromatic nitrogens is 3. The standard InChI is InChI=1S/C16H22N6O3/c1-4-22-6-5-14(19-22)18-15(23)13-9-21(8-7-20(13)3)16(24)12-10-25-11(2)17-12/h5-6,10,13H,4,7-9H2,1-3H3,(H,18,19,23)/t13-/m1/s1.